The van der Waals surface area contributed by atoms with Gasteiger partial charge in [0.1, 0.15) is 12.0 Å². The average molecular weight is 353 g/mol. The third-order valence-electron chi connectivity index (χ3n) is 3.54. The first-order valence-corrected chi connectivity index (χ1v) is 8.41. The molecule has 2 N–H and O–H groups in total. The Bertz CT molecular complexity index is 570. The topological polar surface area (TPSA) is 110 Å². The molecule has 1 aliphatic rings. The van der Waals surface area contributed by atoms with Gasteiger partial charge < -0.3 is 15.2 Å². The van der Waals surface area contributed by atoms with Crippen molar-refractivity contribution in [2.24, 2.45) is 11.7 Å². The fraction of sp³-hybridized carbons (Fsp3) is 0.667. The van der Waals surface area contributed by atoms with Gasteiger partial charge in [-0.25, -0.2) is 8.42 Å². The zero-order chi connectivity index (χ0) is 15.5. The summed E-state index contributed by atoms with van der Waals surface area (Å²) in [6.45, 7) is 3.44. The summed E-state index contributed by atoms with van der Waals surface area (Å²) in [6.07, 6.45) is 1.34. The Hall–Kier alpha value is -1.16. The lowest BCUT2D eigenvalue weighted by atomic mass is 10.1. The number of rotatable bonds is 5. The second-order valence-electron chi connectivity index (χ2n) is 5.11. The van der Waals surface area contributed by atoms with E-state index in [-0.39, 0.29) is 30.0 Å². The number of amides is 1. The third-order valence-corrected chi connectivity index (χ3v) is 5.35. The number of aromatic nitrogens is 1. The van der Waals surface area contributed by atoms with Crippen LogP contribution < -0.4 is 5.73 Å². The molecule has 0 aromatic carbocycles. The van der Waals surface area contributed by atoms with Crippen LogP contribution in [-0.2, 0) is 20.6 Å². The van der Waals surface area contributed by atoms with Gasteiger partial charge in [0.25, 0.3) is 0 Å². The highest BCUT2D eigenvalue weighted by molar-refractivity contribution is 7.88. The van der Waals surface area contributed by atoms with Gasteiger partial charge in [-0.05, 0) is 0 Å². The van der Waals surface area contributed by atoms with Crippen molar-refractivity contribution in [3.05, 3.63) is 18.0 Å². The molecular weight excluding hydrogens is 332 g/mol. The van der Waals surface area contributed by atoms with Crippen molar-refractivity contribution in [1.82, 2.24) is 14.4 Å². The first kappa shape index (κ1) is 18.9. The molecule has 1 atom stereocenters. The van der Waals surface area contributed by atoms with Gasteiger partial charge in [0, 0.05) is 44.7 Å². The van der Waals surface area contributed by atoms with E-state index in [0.717, 1.165) is 0 Å². The van der Waals surface area contributed by atoms with E-state index in [1.54, 1.807) is 11.8 Å². The number of hydrogen-bond donors (Lipinski definition) is 1. The van der Waals surface area contributed by atoms with E-state index >= 15 is 0 Å². The molecule has 0 bridgehead atoms. The minimum absolute atomic E-state index is 0. The smallest absolute Gasteiger partial charge is 0.226 e. The molecule has 22 heavy (non-hydrogen) atoms. The summed E-state index contributed by atoms with van der Waals surface area (Å²) < 4.78 is 30.5. The maximum atomic E-state index is 12.2. The summed E-state index contributed by atoms with van der Waals surface area (Å²) in [5.74, 6) is -0.439. The Morgan fingerprint density at radius 3 is 2.55 bits per heavy atom. The Kier molecular flexibility index (Phi) is 6.79. The molecule has 2 rings (SSSR count). The minimum atomic E-state index is -3.43. The number of nitrogens with two attached hydrogens (primary N) is 1. The number of carbonyl (C=O) groups excluding carboxylic acids is 1. The molecular formula is C12H21ClN4O4S. The van der Waals surface area contributed by atoms with Crippen LogP contribution in [0.5, 0.6) is 0 Å². The summed E-state index contributed by atoms with van der Waals surface area (Å²) in [7, 11) is -3.43. The van der Waals surface area contributed by atoms with Gasteiger partial charge >= 0.3 is 0 Å². The fourth-order valence-corrected chi connectivity index (χ4v) is 3.61. The Morgan fingerprint density at radius 1 is 1.41 bits per heavy atom. The van der Waals surface area contributed by atoms with Crippen LogP contribution in [0.1, 0.15) is 12.6 Å². The van der Waals surface area contributed by atoms with Gasteiger partial charge in [-0.1, -0.05) is 12.1 Å². The van der Waals surface area contributed by atoms with Crippen LogP contribution in [0.15, 0.2) is 16.9 Å². The Labute approximate surface area is 136 Å². The van der Waals surface area contributed by atoms with E-state index in [4.69, 9.17) is 5.73 Å². The van der Waals surface area contributed by atoms with E-state index in [1.165, 1.54) is 16.6 Å². The number of nitrogens with zero attached hydrogens (tertiary/aromatic N) is 3. The number of hydrogen-bond acceptors (Lipinski definition) is 6. The zero-order valence-corrected chi connectivity index (χ0v) is 14.0. The Balaban J connectivity index is 0.00000242. The highest BCUT2D eigenvalue weighted by Gasteiger charge is 2.30. The number of carbonyl (C=O) groups is 1. The quantitative estimate of drug-likeness (QED) is 0.776. The molecule has 0 radical (unpaired) electrons. The van der Waals surface area contributed by atoms with Crippen molar-refractivity contribution in [3.8, 4) is 0 Å². The van der Waals surface area contributed by atoms with Crippen LogP contribution in [0.25, 0.3) is 0 Å². The number of sulfonamides is 1. The standard InChI is InChI=1S/C12H20N4O4S.ClH/c1-10(8-13)12(17)15-3-5-16(6-4-15)21(18,19)9-11-2-7-20-14-11;/h2,7,10H,3-6,8-9,13H2,1H3;1H. The summed E-state index contributed by atoms with van der Waals surface area (Å²) in [5, 5.41) is 3.61. The highest BCUT2D eigenvalue weighted by Crippen LogP contribution is 2.14. The first-order valence-electron chi connectivity index (χ1n) is 6.80. The third kappa shape index (κ3) is 4.42. The molecule has 126 valence electrons. The monoisotopic (exact) mass is 352 g/mol. The van der Waals surface area contributed by atoms with Crippen LogP contribution >= 0.6 is 12.4 Å². The second kappa shape index (κ2) is 7.91. The molecule has 0 spiro atoms. The summed E-state index contributed by atoms with van der Waals surface area (Å²) in [5.41, 5.74) is 5.86. The maximum Gasteiger partial charge on any atom is 0.226 e. The average Bonchev–Trinajstić information content (AvgIpc) is 2.98. The molecule has 0 aliphatic carbocycles. The van der Waals surface area contributed by atoms with Crippen molar-refractivity contribution < 1.29 is 17.7 Å². The van der Waals surface area contributed by atoms with Gasteiger partial charge in [-0.3, -0.25) is 4.79 Å². The van der Waals surface area contributed by atoms with Gasteiger partial charge in [0.05, 0.1) is 5.69 Å². The SMILES string of the molecule is CC(CN)C(=O)N1CCN(S(=O)(=O)Cc2ccon2)CC1.Cl. The van der Waals surface area contributed by atoms with Crippen molar-refractivity contribution in [2.75, 3.05) is 32.7 Å². The molecule has 1 fully saturated rings. The van der Waals surface area contributed by atoms with Crippen molar-refractivity contribution in [1.29, 1.82) is 0 Å². The predicted octanol–water partition coefficient (Wildman–Crippen LogP) is -0.335. The number of piperazine rings is 1. The van der Waals surface area contributed by atoms with Crippen molar-refractivity contribution in [3.63, 3.8) is 0 Å². The lowest BCUT2D eigenvalue weighted by Crippen LogP contribution is -2.52. The van der Waals surface area contributed by atoms with Gasteiger partial charge in [0.15, 0.2) is 0 Å². The van der Waals surface area contributed by atoms with Crippen LogP contribution in [-0.4, -0.2) is 61.4 Å². The molecule has 1 aromatic heterocycles. The predicted molar refractivity (Wildman–Crippen MR) is 82.7 cm³/mol. The van der Waals surface area contributed by atoms with Gasteiger partial charge in [-0.2, -0.15) is 4.31 Å². The molecule has 8 nitrogen and oxygen atoms in total. The Morgan fingerprint density at radius 2 is 2.05 bits per heavy atom. The highest BCUT2D eigenvalue weighted by atomic mass is 35.5. The van der Waals surface area contributed by atoms with Gasteiger partial charge in [-0.15, -0.1) is 12.4 Å². The van der Waals surface area contributed by atoms with E-state index in [9.17, 15) is 13.2 Å². The van der Waals surface area contributed by atoms with Crippen LogP contribution in [0.4, 0.5) is 0 Å². The largest absolute Gasteiger partial charge is 0.364 e. The lowest BCUT2D eigenvalue weighted by Gasteiger charge is -2.35. The zero-order valence-electron chi connectivity index (χ0n) is 12.3. The van der Waals surface area contributed by atoms with E-state index in [1.807, 2.05) is 0 Å². The van der Waals surface area contributed by atoms with Crippen molar-refractivity contribution in [2.45, 2.75) is 12.7 Å². The molecule has 1 saturated heterocycles. The maximum absolute atomic E-state index is 12.2. The molecule has 1 aliphatic heterocycles. The first-order chi connectivity index (χ1) is 9.94. The van der Waals surface area contributed by atoms with Gasteiger partial charge in [0.2, 0.25) is 15.9 Å². The van der Waals surface area contributed by atoms with Crippen molar-refractivity contribution >= 4 is 28.3 Å². The minimum Gasteiger partial charge on any atom is -0.364 e. The van der Waals surface area contributed by atoms with Crippen LogP contribution in [0, 0.1) is 5.92 Å². The summed E-state index contributed by atoms with van der Waals surface area (Å²) in [6, 6.07) is 1.53. The molecule has 0 saturated carbocycles. The second-order valence-corrected chi connectivity index (χ2v) is 7.08. The molecule has 2 heterocycles. The van der Waals surface area contributed by atoms with E-state index in [0.29, 0.717) is 38.4 Å². The summed E-state index contributed by atoms with van der Waals surface area (Å²) in [4.78, 5) is 13.7. The molecule has 1 amide bonds. The molecule has 1 unspecified atom stereocenters. The molecule has 10 heteroatoms. The van der Waals surface area contributed by atoms with Crippen LogP contribution in [0.2, 0.25) is 0 Å². The van der Waals surface area contributed by atoms with E-state index < -0.39 is 10.0 Å². The fourth-order valence-electron chi connectivity index (χ4n) is 2.19. The molecule has 1 aromatic rings. The van der Waals surface area contributed by atoms with Crippen LogP contribution in [0.3, 0.4) is 0 Å². The van der Waals surface area contributed by atoms with E-state index in [2.05, 4.69) is 9.68 Å². The lowest BCUT2D eigenvalue weighted by molar-refractivity contribution is -0.135. The number of halogens is 1. The normalized spacial score (nSPS) is 17.8. The summed E-state index contributed by atoms with van der Waals surface area (Å²) >= 11 is 0.